The Labute approximate surface area is 222 Å². The highest BCUT2D eigenvalue weighted by Crippen LogP contribution is 2.40. The van der Waals surface area contributed by atoms with Crippen LogP contribution in [0.1, 0.15) is 29.3 Å². The first kappa shape index (κ1) is 27.3. The Balaban J connectivity index is 1.85. The molecule has 3 aromatic rings. The van der Waals surface area contributed by atoms with E-state index in [1.54, 1.807) is 53.6 Å². The summed E-state index contributed by atoms with van der Waals surface area (Å²) >= 11 is 4.78. The van der Waals surface area contributed by atoms with Crippen molar-refractivity contribution in [1.29, 1.82) is 0 Å². The van der Waals surface area contributed by atoms with Crippen molar-refractivity contribution < 1.29 is 33.3 Å². The van der Waals surface area contributed by atoms with E-state index in [1.165, 1.54) is 11.3 Å². The van der Waals surface area contributed by atoms with Crippen molar-refractivity contribution >= 4 is 44.1 Å². The van der Waals surface area contributed by atoms with Crippen molar-refractivity contribution in [3.8, 4) is 34.1 Å². The minimum atomic E-state index is -0.513. The van der Waals surface area contributed by atoms with E-state index in [4.69, 9.17) is 23.7 Å². The number of anilines is 1. The van der Waals surface area contributed by atoms with Crippen LogP contribution in [0.25, 0.3) is 11.1 Å². The molecule has 0 aliphatic carbocycles. The summed E-state index contributed by atoms with van der Waals surface area (Å²) in [6.07, 6.45) is 0.648. The predicted octanol–water partition coefficient (Wildman–Crippen LogP) is 5.96. The van der Waals surface area contributed by atoms with Gasteiger partial charge in [0.05, 0.1) is 35.0 Å². The molecule has 0 radical (unpaired) electrons. The molecule has 8 nitrogen and oxygen atoms in total. The fraction of sp³-hybridized carbons (Fsp3) is 0.308. The fourth-order valence-corrected chi connectivity index (χ4v) is 5.09. The molecular weight excluding hydrogens is 550 g/mol. The third-order valence-corrected chi connectivity index (χ3v) is 7.03. The molecule has 0 spiro atoms. The average Bonchev–Trinajstić information content (AvgIpc) is 3.30. The number of esters is 1. The van der Waals surface area contributed by atoms with Gasteiger partial charge in [-0.2, -0.15) is 0 Å². The summed E-state index contributed by atoms with van der Waals surface area (Å²) in [5.41, 5.74) is 2.57. The first-order chi connectivity index (χ1) is 17.4. The van der Waals surface area contributed by atoms with E-state index in [9.17, 15) is 9.59 Å². The Morgan fingerprint density at radius 1 is 0.917 bits per heavy atom. The third-order valence-electron chi connectivity index (χ3n) is 5.39. The number of thiophene rings is 1. The molecule has 1 amide bonds. The van der Waals surface area contributed by atoms with E-state index in [0.29, 0.717) is 45.5 Å². The SMILES string of the molecule is CCOC(=O)c1c(-c2ccc(OC)c(OC)c2)csc1NC(=O)CCc1cc(OC)c(OC)cc1Br. The molecule has 0 saturated heterocycles. The summed E-state index contributed by atoms with van der Waals surface area (Å²) in [5.74, 6) is 1.53. The predicted molar refractivity (Wildman–Crippen MR) is 143 cm³/mol. The van der Waals surface area contributed by atoms with Crippen molar-refractivity contribution in [3.63, 3.8) is 0 Å². The van der Waals surface area contributed by atoms with Crippen LogP contribution in [0, 0.1) is 0 Å². The van der Waals surface area contributed by atoms with Gasteiger partial charge in [-0.05, 0) is 48.7 Å². The highest BCUT2D eigenvalue weighted by molar-refractivity contribution is 9.10. The number of hydrogen-bond acceptors (Lipinski definition) is 8. The lowest BCUT2D eigenvalue weighted by molar-refractivity contribution is -0.116. The van der Waals surface area contributed by atoms with Gasteiger partial charge in [0.15, 0.2) is 23.0 Å². The van der Waals surface area contributed by atoms with Crippen molar-refractivity contribution in [2.24, 2.45) is 0 Å². The van der Waals surface area contributed by atoms with Crippen LogP contribution < -0.4 is 24.3 Å². The van der Waals surface area contributed by atoms with Crippen LogP contribution in [0.15, 0.2) is 40.2 Å². The largest absolute Gasteiger partial charge is 0.493 e. The van der Waals surface area contributed by atoms with Crippen LogP contribution in [0.2, 0.25) is 0 Å². The number of hydrogen-bond donors (Lipinski definition) is 1. The number of benzene rings is 2. The Kier molecular flexibility index (Phi) is 9.60. The Bertz CT molecular complexity index is 1240. The number of aryl methyl sites for hydroxylation is 1. The molecule has 0 aliphatic heterocycles. The molecule has 0 aliphatic rings. The molecule has 10 heteroatoms. The van der Waals surface area contributed by atoms with Gasteiger partial charge in [-0.25, -0.2) is 4.79 Å². The first-order valence-electron chi connectivity index (χ1n) is 11.1. The maximum atomic E-state index is 12.9. The summed E-state index contributed by atoms with van der Waals surface area (Å²) < 4.78 is 27.5. The molecule has 192 valence electrons. The molecule has 1 aromatic heterocycles. The highest BCUT2D eigenvalue weighted by Gasteiger charge is 2.24. The van der Waals surface area contributed by atoms with Crippen molar-refractivity contribution in [2.45, 2.75) is 19.8 Å². The van der Waals surface area contributed by atoms with Gasteiger partial charge in [0.25, 0.3) is 0 Å². The van der Waals surface area contributed by atoms with E-state index in [0.717, 1.165) is 15.6 Å². The smallest absolute Gasteiger partial charge is 0.341 e. The zero-order chi connectivity index (χ0) is 26.2. The van der Waals surface area contributed by atoms with Gasteiger partial charge >= 0.3 is 5.97 Å². The lowest BCUT2D eigenvalue weighted by Crippen LogP contribution is -2.15. The average molecular weight is 578 g/mol. The number of carbonyl (C=O) groups excluding carboxylic acids is 2. The molecule has 1 N–H and O–H groups in total. The maximum Gasteiger partial charge on any atom is 0.341 e. The Hall–Kier alpha value is -3.24. The fourth-order valence-electron chi connectivity index (χ4n) is 3.60. The topological polar surface area (TPSA) is 92.3 Å². The van der Waals surface area contributed by atoms with Gasteiger partial charge in [-0.15, -0.1) is 11.3 Å². The molecular formula is C26H28BrNO7S. The van der Waals surface area contributed by atoms with Crippen LogP contribution in [-0.2, 0) is 16.0 Å². The summed E-state index contributed by atoms with van der Waals surface area (Å²) in [7, 11) is 6.23. The van der Waals surface area contributed by atoms with E-state index >= 15 is 0 Å². The zero-order valence-electron chi connectivity index (χ0n) is 20.7. The van der Waals surface area contributed by atoms with E-state index < -0.39 is 5.97 Å². The molecule has 1 heterocycles. The molecule has 0 bridgehead atoms. The van der Waals surface area contributed by atoms with Crippen LogP contribution in [0.4, 0.5) is 5.00 Å². The van der Waals surface area contributed by atoms with Crippen LogP contribution in [0.3, 0.4) is 0 Å². The second kappa shape index (κ2) is 12.6. The second-order valence-corrected chi connectivity index (χ2v) is 9.22. The van der Waals surface area contributed by atoms with Gasteiger partial charge in [0, 0.05) is 21.8 Å². The van der Waals surface area contributed by atoms with Crippen LogP contribution >= 0.6 is 27.3 Å². The normalized spacial score (nSPS) is 10.5. The van der Waals surface area contributed by atoms with Crippen molar-refractivity contribution in [3.05, 3.63) is 51.3 Å². The summed E-state index contributed by atoms with van der Waals surface area (Å²) in [4.78, 5) is 25.8. The van der Waals surface area contributed by atoms with Crippen molar-refractivity contribution in [1.82, 2.24) is 0 Å². The lowest BCUT2D eigenvalue weighted by Gasteiger charge is -2.12. The molecule has 0 atom stereocenters. The minimum Gasteiger partial charge on any atom is -0.493 e. The number of ether oxygens (including phenoxy) is 5. The molecule has 36 heavy (non-hydrogen) atoms. The van der Waals surface area contributed by atoms with Gasteiger partial charge in [0.1, 0.15) is 10.6 Å². The lowest BCUT2D eigenvalue weighted by atomic mass is 10.0. The standard InChI is InChI=1S/C26H28BrNO7S/c1-6-35-26(30)24-17(15-7-9-19(31-2)20(11-15)32-3)14-36-25(24)28-23(29)10-8-16-12-21(33-4)22(34-5)13-18(16)27/h7,9,11-14H,6,8,10H2,1-5H3,(H,28,29). The number of methoxy groups -OCH3 is 4. The van der Waals surface area contributed by atoms with Crippen LogP contribution in [-0.4, -0.2) is 46.9 Å². The van der Waals surface area contributed by atoms with Crippen LogP contribution in [0.5, 0.6) is 23.0 Å². The van der Waals surface area contributed by atoms with Gasteiger partial charge in [0.2, 0.25) is 5.91 Å². The third kappa shape index (κ3) is 6.11. The number of nitrogens with one attached hydrogen (secondary N) is 1. The van der Waals surface area contributed by atoms with E-state index in [2.05, 4.69) is 21.2 Å². The number of halogens is 1. The van der Waals surface area contributed by atoms with Gasteiger partial charge in [-0.1, -0.05) is 22.0 Å². The van der Waals surface area contributed by atoms with E-state index in [1.807, 2.05) is 17.5 Å². The second-order valence-electron chi connectivity index (χ2n) is 7.49. The zero-order valence-corrected chi connectivity index (χ0v) is 23.1. The Morgan fingerprint density at radius 2 is 1.56 bits per heavy atom. The first-order valence-corrected chi connectivity index (χ1v) is 12.7. The molecule has 0 unspecified atom stereocenters. The highest BCUT2D eigenvalue weighted by atomic mass is 79.9. The van der Waals surface area contributed by atoms with Gasteiger partial charge in [-0.3, -0.25) is 4.79 Å². The molecule has 2 aromatic carbocycles. The maximum absolute atomic E-state index is 12.9. The molecule has 0 fully saturated rings. The molecule has 0 saturated carbocycles. The quantitative estimate of drug-likeness (QED) is 0.281. The summed E-state index contributed by atoms with van der Waals surface area (Å²) in [6, 6.07) is 9.01. The molecule has 3 rings (SSSR count). The Morgan fingerprint density at radius 3 is 2.19 bits per heavy atom. The summed E-state index contributed by atoms with van der Waals surface area (Å²) in [5, 5.41) is 5.12. The van der Waals surface area contributed by atoms with E-state index in [-0.39, 0.29) is 18.9 Å². The number of rotatable bonds is 11. The number of carbonyl (C=O) groups is 2. The number of amides is 1. The summed E-state index contributed by atoms with van der Waals surface area (Å²) in [6.45, 7) is 1.94. The monoisotopic (exact) mass is 577 g/mol. The van der Waals surface area contributed by atoms with Crippen molar-refractivity contribution in [2.75, 3.05) is 40.4 Å². The minimum absolute atomic E-state index is 0.194. The van der Waals surface area contributed by atoms with Gasteiger partial charge < -0.3 is 29.0 Å².